The molecule has 0 aromatic rings. The molecule has 0 aliphatic carbocycles. The number of alkyl halides is 1. The van der Waals surface area contributed by atoms with Gasteiger partial charge in [0.1, 0.15) is 0 Å². The van der Waals surface area contributed by atoms with Crippen molar-refractivity contribution in [1.29, 1.82) is 0 Å². The van der Waals surface area contributed by atoms with Gasteiger partial charge in [0, 0.05) is 17.9 Å². The second-order valence-corrected chi connectivity index (χ2v) is 6.96. The van der Waals surface area contributed by atoms with Crippen LogP contribution in [0.5, 0.6) is 0 Å². The summed E-state index contributed by atoms with van der Waals surface area (Å²) in [6, 6.07) is -0.0124. The maximum atomic E-state index is 12.0. The second-order valence-electron chi connectivity index (χ2n) is 4.13. The lowest BCUT2D eigenvalue weighted by Crippen LogP contribution is -2.40. The molecule has 0 unspecified atom stereocenters. The molecule has 0 bridgehead atoms. The monoisotopic (exact) mass is 315 g/mol. The number of nitrogens with zero attached hydrogens (tertiary/aromatic N) is 1. The third-order valence-corrected chi connectivity index (χ3v) is 4.39. The third-order valence-electron chi connectivity index (χ3n) is 2.03. The van der Waals surface area contributed by atoms with Gasteiger partial charge in [0.15, 0.2) is 0 Å². The molecule has 4 nitrogen and oxygen atoms in total. The van der Waals surface area contributed by atoms with Crippen LogP contribution in [0.3, 0.4) is 0 Å². The predicted octanol–water partition coefficient (Wildman–Crippen LogP) is 1.85. The summed E-state index contributed by atoms with van der Waals surface area (Å²) in [5.41, 5.74) is 0. The zero-order valence-corrected chi connectivity index (χ0v) is 12.8. The van der Waals surface area contributed by atoms with Crippen molar-refractivity contribution in [1.82, 2.24) is 4.31 Å². The Balaban J connectivity index is 4.37. The Hall–Kier alpha value is 0.350. The highest BCUT2D eigenvalue weighted by atomic mass is 79.9. The number of rotatable bonds is 8. The van der Waals surface area contributed by atoms with E-state index >= 15 is 0 Å². The molecule has 0 aliphatic rings. The predicted molar refractivity (Wildman–Crippen MR) is 70.5 cm³/mol. The number of hydrogen-bond acceptors (Lipinski definition) is 3. The molecule has 0 heterocycles. The lowest BCUT2D eigenvalue weighted by molar-refractivity contribution is 0.0906. The van der Waals surface area contributed by atoms with Crippen molar-refractivity contribution in [2.75, 3.05) is 24.2 Å². The van der Waals surface area contributed by atoms with Crippen LogP contribution in [-0.4, -0.2) is 49.1 Å². The fourth-order valence-electron chi connectivity index (χ4n) is 1.31. The van der Waals surface area contributed by atoms with E-state index in [1.807, 2.05) is 27.7 Å². The first-order valence-corrected chi connectivity index (χ1v) is 8.21. The molecular weight excluding hydrogens is 294 g/mol. The van der Waals surface area contributed by atoms with Gasteiger partial charge in [-0.1, -0.05) is 15.9 Å². The van der Waals surface area contributed by atoms with Crippen LogP contribution >= 0.6 is 15.9 Å². The van der Waals surface area contributed by atoms with Gasteiger partial charge in [-0.25, -0.2) is 8.42 Å². The van der Waals surface area contributed by atoms with Crippen LogP contribution in [0, 0.1) is 0 Å². The summed E-state index contributed by atoms with van der Waals surface area (Å²) >= 11 is 3.26. The number of sulfonamides is 1. The Bertz CT molecular complexity index is 278. The first-order valence-electron chi connectivity index (χ1n) is 5.48. The molecule has 0 saturated carbocycles. The Morgan fingerprint density at radius 3 is 2.19 bits per heavy atom. The van der Waals surface area contributed by atoms with Crippen LogP contribution in [0.4, 0.5) is 0 Å². The molecule has 0 N–H and O–H groups in total. The highest BCUT2D eigenvalue weighted by Crippen LogP contribution is 2.08. The van der Waals surface area contributed by atoms with E-state index < -0.39 is 10.0 Å². The van der Waals surface area contributed by atoms with Crippen molar-refractivity contribution in [3.63, 3.8) is 0 Å². The summed E-state index contributed by atoms with van der Waals surface area (Å²) in [6.45, 7) is 8.30. The van der Waals surface area contributed by atoms with Gasteiger partial charge < -0.3 is 4.74 Å². The zero-order valence-electron chi connectivity index (χ0n) is 10.4. The minimum Gasteiger partial charge on any atom is -0.378 e. The first kappa shape index (κ1) is 16.4. The average molecular weight is 316 g/mol. The topological polar surface area (TPSA) is 46.6 Å². The molecule has 0 fully saturated rings. The molecule has 0 atom stereocenters. The lowest BCUT2D eigenvalue weighted by atomic mass is 10.4. The van der Waals surface area contributed by atoms with Crippen LogP contribution in [0.25, 0.3) is 0 Å². The standard InChI is InChI=1S/C10H22BrNO3S/c1-9(2)12(6-5-11)16(13,14)8-7-15-10(3)4/h9-10H,5-8H2,1-4H3. The van der Waals surface area contributed by atoms with E-state index in [4.69, 9.17) is 4.74 Å². The Morgan fingerprint density at radius 1 is 1.25 bits per heavy atom. The second kappa shape index (κ2) is 7.63. The van der Waals surface area contributed by atoms with Gasteiger partial charge in [-0.05, 0) is 27.7 Å². The normalized spacial score (nSPS) is 13.0. The molecule has 98 valence electrons. The summed E-state index contributed by atoms with van der Waals surface area (Å²) in [4.78, 5) is 0. The van der Waals surface area contributed by atoms with E-state index in [0.717, 1.165) is 0 Å². The highest BCUT2D eigenvalue weighted by Gasteiger charge is 2.23. The molecule has 0 aromatic heterocycles. The Labute approximate surface area is 108 Å². The molecule has 6 heteroatoms. The Kier molecular flexibility index (Phi) is 7.80. The average Bonchev–Trinajstić information content (AvgIpc) is 2.12. The third kappa shape index (κ3) is 6.18. The molecule has 0 aliphatic heterocycles. The number of halogens is 1. The van der Waals surface area contributed by atoms with Crippen LogP contribution in [-0.2, 0) is 14.8 Å². The lowest BCUT2D eigenvalue weighted by Gasteiger charge is -2.25. The number of ether oxygens (including phenoxy) is 1. The van der Waals surface area contributed by atoms with Gasteiger partial charge in [0.25, 0.3) is 0 Å². The highest BCUT2D eigenvalue weighted by molar-refractivity contribution is 9.09. The number of hydrogen-bond donors (Lipinski definition) is 0. The quantitative estimate of drug-likeness (QED) is 0.642. The van der Waals surface area contributed by atoms with Crippen molar-refractivity contribution in [2.24, 2.45) is 0 Å². The minimum atomic E-state index is -3.20. The summed E-state index contributed by atoms with van der Waals surface area (Å²) in [6.07, 6.45) is 0.0684. The van der Waals surface area contributed by atoms with E-state index in [1.165, 1.54) is 4.31 Å². The van der Waals surface area contributed by atoms with Crippen molar-refractivity contribution >= 4 is 26.0 Å². The van der Waals surface area contributed by atoms with Crippen molar-refractivity contribution in [3.8, 4) is 0 Å². The first-order chi connectivity index (χ1) is 7.31. The minimum absolute atomic E-state index is 0.0124. The molecule has 0 amide bonds. The fraction of sp³-hybridized carbons (Fsp3) is 1.00. The Morgan fingerprint density at radius 2 is 1.81 bits per heavy atom. The van der Waals surface area contributed by atoms with E-state index in [9.17, 15) is 8.42 Å². The summed E-state index contributed by atoms with van der Waals surface area (Å²) < 4.78 is 30.7. The van der Waals surface area contributed by atoms with E-state index in [2.05, 4.69) is 15.9 Å². The fourth-order valence-corrected chi connectivity index (χ4v) is 3.48. The molecule has 0 rings (SSSR count). The van der Waals surface area contributed by atoms with Crippen molar-refractivity contribution in [2.45, 2.75) is 39.8 Å². The van der Waals surface area contributed by atoms with Gasteiger partial charge in [0.05, 0.1) is 18.5 Å². The summed E-state index contributed by atoms with van der Waals surface area (Å²) in [5, 5.41) is 0.648. The smallest absolute Gasteiger partial charge is 0.216 e. The molecule has 16 heavy (non-hydrogen) atoms. The van der Waals surface area contributed by atoms with Crippen LogP contribution in [0.2, 0.25) is 0 Å². The zero-order chi connectivity index (χ0) is 12.8. The SMILES string of the molecule is CC(C)OCCS(=O)(=O)N(CCBr)C(C)C. The van der Waals surface area contributed by atoms with E-state index in [0.29, 0.717) is 11.9 Å². The maximum absolute atomic E-state index is 12.0. The largest absolute Gasteiger partial charge is 0.378 e. The molecular formula is C10H22BrNO3S. The molecule has 0 saturated heterocycles. The molecule has 0 aromatic carbocycles. The summed E-state index contributed by atoms with van der Waals surface area (Å²) in [5.74, 6) is 0.0519. The molecule has 0 spiro atoms. The summed E-state index contributed by atoms with van der Waals surface area (Å²) in [7, 11) is -3.20. The van der Waals surface area contributed by atoms with Crippen molar-refractivity contribution in [3.05, 3.63) is 0 Å². The maximum Gasteiger partial charge on any atom is 0.216 e. The van der Waals surface area contributed by atoms with Crippen LogP contribution in [0.1, 0.15) is 27.7 Å². The van der Waals surface area contributed by atoms with Crippen LogP contribution < -0.4 is 0 Å². The van der Waals surface area contributed by atoms with Gasteiger partial charge in [-0.15, -0.1) is 0 Å². The van der Waals surface area contributed by atoms with Gasteiger partial charge in [-0.3, -0.25) is 0 Å². The van der Waals surface area contributed by atoms with Gasteiger partial charge >= 0.3 is 0 Å². The van der Waals surface area contributed by atoms with E-state index in [-0.39, 0.29) is 24.5 Å². The van der Waals surface area contributed by atoms with Crippen LogP contribution in [0.15, 0.2) is 0 Å². The van der Waals surface area contributed by atoms with Gasteiger partial charge in [-0.2, -0.15) is 4.31 Å². The van der Waals surface area contributed by atoms with E-state index in [1.54, 1.807) is 0 Å². The van der Waals surface area contributed by atoms with Crippen molar-refractivity contribution < 1.29 is 13.2 Å². The molecule has 0 radical (unpaired) electrons. The van der Waals surface area contributed by atoms with Gasteiger partial charge in [0.2, 0.25) is 10.0 Å².